The number of rotatable bonds is 7. The average Bonchev–Trinajstić information content (AvgIpc) is 2.63. The molecule has 8 heteroatoms. The van der Waals surface area contributed by atoms with E-state index in [1.54, 1.807) is 18.2 Å². The molecule has 0 aliphatic rings. The molecule has 2 N–H and O–H groups in total. The third kappa shape index (κ3) is 4.80. The van der Waals surface area contributed by atoms with Gasteiger partial charge in [-0.2, -0.15) is 0 Å². The number of ether oxygens (including phenoxy) is 2. The van der Waals surface area contributed by atoms with Gasteiger partial charge < -0.3 is 19.9 Å². The Morgan fingerprint density at radius 1 is 1.12 bits per heavy atom. The van der Waals surface area contributed by atoms with Gasteiger partial charge in [-0.3, -0.25) is 4.79 Å². The van der Waals surface area contributed by atoms with E-state index in [9.17, 15) is 14.7 Å². The van der Waals surface area contributed by atoms with Crippen molar-refractivity contribution in [2.45, 2.75) is 12.5 Å². The molecule has 0 radical (unpaired) electrons. The third-order valence-electron chi connectivity index (χ3n) is 3.69. The van der Waals surface area contributed by atoms with Crippen molar-refractivity contribution in [2.24, 2.45) is 0 Å². The number of halogens is 2. The number of hydrogen-bond acceptors (Lipinski definition) is 4. The summed E-state index contributed by atoms with van der Waals surface area (Å²) in [5, 5.41) is 12.4. The Bertz CT molecular complexity index is 825. The van der Waals surface area contributed by atoms with Crippen LogP contribution < -0.4 is 14.8 Å². The monoisotopic (exact) mass is 397 g/mol. The van der Waals surface area contributed by atoms with E-state index < -0.39 is 17.9 Å². The summed E-state index contributed by atoms with van der Waals surface area (Å²) >= 11 is 11.9. The number of nitrogens with one attached hydrogen (secondary N) is 1. The second-order valence-corrected chi connectivity index (χ2v) is 6.21. The number of benzene rings is 2. The SMILES string of the molecule is COc1ccc(CC(NC(=O)c2cc(Cl)ccc2Cl)C(=O)O)c(OC)c1. The summed E-state index contributed by atoms with van der Waals surface area (Å²) in [6.07, 6.45) is 0.0203. The first kappa shape index (κ1) is 19.9. The molecule has 0 aliphatic heterocycles. The number of carboxylic acid groups (broad SMARTS) is 1. The van der Waals surface area contributed by atoms with Gasteiger partial charge in [-0.15, -0.1) is 0 Å². The highest BCUT2D eigenvalue weighted by Crippen LogP contribution is 2.26. The fourth-order valence-electron chi connectivity index (χ4n) is 2.35. The minimum absolute atomic E-state index is 0.0203. The van der Waals surface area contributed by atoms with Crippen molar-refractivity contribution in [3.8, 4) is 11.5 Å². The fourth-order valence-corrected chi connectivity index (χ4v) is 2.72. The molecule has 1 amide bonds. The van der Waals surface area contributed by atoms with Gasteiger partial charge in [0.25, 0.3) is 5.91 Å². The first-order valence-electron chi connectivity index (χ1n) is 7.55. The second-order valence-electron chi connectivity index (χ2n) is 5.37. The molecule has 26 heavy (non-hydrogen) atoms. The molecule has 6 nitrogen and oxygen atoms in total. The molecule has 1 atom stereocenters. The van der Waals surface area contributed by atoms with Crippen molar-refractivity contribution in [1.82, 2.24) is 5.32 Å². The Morgan fingerprint density at radius 2 is 1.85 bits per heavy atom. The second kappa shape index (κ2) is 8.78. The molecular weight excluding hydrogens is 381 g/mol. The van der Waals surface area contributed by atoms with Crippen molar-refractivity contribution in [3.63, 3.8) is 0 Å². The lowest BCUT2D eigenvalue weighted by molar-refractivity contribution is -0.139. The van der Waals surface area contributed by atoms with Crippen LogP contribution in [0.25, 0.3) is 0 Å². The number of methoxy groups -OCH3 is 2. The van der Waals surface area contributed by atoms with Gasteiger partial charge in [-0.25, -0.2) is 4.79 Å². The summed E-state index contributed by atoms with van der Waals surface area (Å²) in [4.78, 5) is 24.0. The van der Waals surface area contributed by atoms with E-state index in [4.69, 9.17) is 32.7 Å². The van der Waals surface area contributed by atoms with Crippen molar-refractivity contribution in [2.75, 3.05) is 14.2 Å². The molecule has 0 saturated carbocycles. The standard InChI is InChI=1S/C18H17Cl2NO5/c1-25-12-5-3-10(16(9-12)26-2)7-15(18(23)24)21-17(22)13-8-11(19)4-6-14(13)20/h3-6,8-9,15H,7H2,1-2H3,(H,21,22)(H,23,24). The van der Waals surface area contributed by atoms with E-state index in [0.29, 0.717) is 22.1 Å². The maximum atomic E-state index is 12.4. The molecule has 138 valence electrons. The Morgan fingerprint density at radius 3 is 2.46 bits per heavy atom. The molecule has 0 spiro atoms. The Labute approximate surface area is 160 Å². The van der Waals surface area contributed by atoms with E-state index in [1.165, 1.54) is 32.4 Å². The van der Waals surface area contributed by atoms with Crippen LogP contribution in [0, 0.1) is 0 Å². The minimum Gasteiger partial charge on any atom is -0.497 e. The number of hydrogen-bond donors (Lipinski definition) is 2. The van der Waals surface area contributed by atoms with Gasteiger partial charge in [-0.1, -0.05) is 29.3 Å². The summed E-state index contributed by atoms with van der Waals surface area (Å²) in [5.74, 6) is -0.774. The van der Waals surface area contributed by atoms with Crippen LogP contribution in [0.2, 0.25) is 10.0 Å². The zero-order valence-corrected chi connectivity index (χ0v) is 15.6. The lowest BCUT2D eigenvalue weighted by Crippen LogP contribution is -2.42. The van der Waals surface area contributed by atoms with Crippen LogP contribution in [-0.2, 0) is 11.2 Å². The average molecular weight is 398 g/mol. The van der Waals surface area contributed by atoms with Crippen LogP contribution >= 0.6 is 23.2 Å². The lowest BCUT2D eigenvalue weighted by Gasteiger charge is -2.17. The van der Waals surface area contributed by atoms with E-state index in [0.717, 1.165) is 0 Å². The zero-order chi connectivity index (χ0) is 19.3. The van der Waals surface area contributed by atoms with Crippen LogP contribution in [0.15, 0.2) is 36.4 Å². The van der Waals surface area contributed by atoms with Crippen LogP contribution in [0.1, 0.15) is 15.9 Å². The number of carbonyl (C=O) groups is 2. The Kier molecular flexibility index (Phi) is 6.71. The van der Waals surface area contributed by atoms with Crippen LogP contribution in [0.4, 0.5) is 0 Å². The molecule has 2 rings (SSSR count). The van der Waals surface area contributed by atoms with Gasteiger partial charge in [0, 0.05) is 17.5 Å². The predicted octanol–water partition coefficient (Wildman–Crippen LogP) is 3.44. The topological polar surface area (TPSA) is 84.9 Å². The van der Waals surface area contributed by atoms with Crippen molar-refractivity contribution >= 4 is 35.1 Å². The maximum Gasteiger partial charge on any atom is 0.326 e. The highest BCUT2D eigenvalue weighted by atomic mass is 35.5. The Balaban J connectivity index is 2.23. The highest BCUT2D eigenvalue weighted by Gasteiger charge is 2.24. The van der Waals surface area contributed by atoms with Gasteiger partial charge in [-0.05, 0) is 29.8 Å². The van der Waals surface area contributed by atoms with E-state index in [2.05, 4.69) is 5.32 Å². The summed E-state index contributed by atoms with van der Waals surface area (Å²) in [6.45, 7) is 0. The molecular formula is C18H17Cl2NO5. The summed E-state index contributed by atoms with van der Waals surface area (Å²) < 4.78 is 10.4. The lowest BCUT2D eigenvalue weighted by atomic mass is 10.0. The first-order chi connectivity index (χ1) is 12.3. The van der Waals surface area contributed by atoms with Gasteiger partial charge >= 0.3 is 5.97 Å². The van der Waals surface area contributed by atoms with Gasteiger partial charge in [0.05, 0.1) is 24.8 Å². The normalized spacial score (nSPS) is 11.5. The van der Waals surface area contributed by atoms with Crippen LogP contribution in [0.3, 0.4) is 0 Å². The van der Waals surface area contributed by atoms with Gasteiger partial charge in [0.15, 0.2) is 0 Å². The predicted molar refractivity (Wildman–Crippen MR) is 98.6 cm³/mol. The highest BCUT2D eigenvalue weighted by molar-refractivity contribution is 6.35. The van der Waals surface area contributed by atoms with Crippen molar-refractivity contribution in [1.29, 1.82) is 0 Å². The molecule has 0 fully saturated rings. The first-order valence-corrected chi connectivity index (χ1v) is 8.31. The number of carboxylic acids is 1. The summed E-state index contributed by atoms with van der Waals surface area (Å²) in [6, 6.07) is 8.23. The van der Waals surface area contributed by atoms with E-state index in [1.807, 2.05) is 0 Å². The van der Waals surface area contributed by atoms with Gasteiger partial charge in [0.2, 0.25) is 0 Å². The fraction of sp³-hybridized carbons (Fsp3) is 0.222. The smallest absolute Gasteiger partial charge is 0.326 e. The third-order valence-corrected chi connectivity index (χ3v) is 4.26. The number of carbonyl (C=O) groups excluding carboxylic acids is 1. The molecule has 1 unspecified atom stereocenters. The largest absolute Gasteiger partial charge is 0.497 e. The zero-order valence-electron chi connectivity index (χ0n) is 14.1. The summed E-state index contributed by atoms with van der Waals surface area (Å²) in [7, 11) is 2.99. The number of aliphatic carboxylic acids is 1. The van der Waals surface area contributed by atoms with Crippen LogP contribution in [-0.4, -0.2) is 37.2 Å². The molecule has 2 aromatic rings. The van der Waals surface area contributed by atoms with Gasteiger partial charge in [0.1, 0.15) is 17.5 Å². The Hall–Kier alpha value is -2.44. The quantitative estimate of drug-likeness (QED) is 0.747. The van der Waals surface area contributed by atoms with Crippen molar-refractivity contribution < 1.29 is 24.2 Å². The summed E-state index contributed by atoms with van der Waals surface area (Å²) in [5.41, 5.74) is 0.713. The van der Waals surface area contributed by atoms with E-state index >= 15 is 0 Å². The number of amides is 1. The molecule has 0 heterocycles. The molecule has 0 saturated heterocycles. The molecule has 0 aromatic heterocycles. The maximum absolute atomic E-state index is 12.4. The van der Waals surface area contributed by atoms with Crippen molar-refractivity contribution in [3.05, 3.63) is 57.6 Å². The van der Waals surface area contributed by atoms with E-state index in [-0.39, 0.29) is 17.0 Å². The molecule has 0 aliphatic carbocycles. The molecule has 0 bridgehead atoms. The van der Waals surface area contributed by atoms with Crippen LogP contribution in [0.5, 0.6) is 11.5 Å². The molecule has 2 aromatic carbocycles. The minimum atomic E-state index is -1.19.